The van der Waals surface area contributed by atoms with E-state index in [1.54, 1.807) is 0 Å². The van der Waals surface area contributed by atoms with E-state index in [0.717, 1.165) is 0 Å². The molecule has 0 unspecified atom stereocenters. The van der Waals surface area contributed by atoms with E-state index in [0.29, 0.717) is 11.8 Å². The summed E-state index contributed by atoms with van der Waals surface area (Å²) in [5, 5.41) is 2.48. The fraction of sp³-hybridized carbons (Fsp3) is 0.111. The highest BCUT2D eigenvalue weighted by atomic mass is 19.4. The first-order chi connectivity index (χ1) is 6.89. The van der Waals surface area contributed by atoms with Gasteiger partial charge in [-0.3, -0.25) is 0 Å². The van der Waals surface area contributed by atoms with Crippen molar-refractivity contribution in [1.29, 1.82) is 0 Å². The van der Waals surface area contributed by atoms with Crippen molar-refractivity contribution in [2.75, 3.05) is 0 Å². The van der Waals surface area contributed by atoms with Crippen LogP contribution in [0.2, 0.25) is 0 Å². The molecule has 0 saturated heterocycles. The van der Waals surface area contributed by atoms with E-state index in [1.165, 1.54) is 6.20 Å². The van der Waals surface area contributed by atoms with Crippen LogP contribution in [-0.2, 0) is 6.18 Å². The molecule has 6 heteroatoms. The van der Waals surface area contributed by atoms with Crippen LogP contribution in [0.25, 0.3) is 5.70 Å². The lowest BCUT2D eigenvalue weighted by molar-refractivity contribution is -0.140. The second kappa shape index (κ2) is 2.95. The highest BCUT2D eigenvalue weighted by molar-refractivity contribution is 5.74. The molecule has 80 valence electrons. The quantitative estimate of drug-likeness (QED) is 0.723. The number of benzene rings is 1. The van der Waals surface area contributed by atoms with Gasteiger partial charge in [0, 0.05) is 11.8 Å². The van der Waals surface area contributed by atoms with E-state index < -0.39 is 23.4 Å². The number of alkyl halides is 3. The average molecular weight is 221 g/mol. The molecule has 0 amide bonds. The Bertz CT molecular complexity index is 447. The Balaban J connectivity index is 2.52. The molecule has 0 spiro atoms. The number of halogens is 5. The van der Waals surface area contributed by atoms with Crippen molar-refractivity contribution < 1.29 is 22.0 Å². The van der Waals surface area contributed by atoms with Crippen molar-refractivity contribution in [3.63, 3.8) is 0 Å². The van der Waals surface area contributed by atoms with Gasteiger partial charge in [-0.2, -0.15) is 13.2 Å². The first-order valence-electron chi connectivity index (χ1n) is 3.93. The molecule has 0 saturated carbocycles. The van der Waals surface area contributed by atoms with Gasteiger partial charge in [-0.15, -0.1) is 0 Å². The molecule has 1 aliphatic heterocycles. The predicted molar refractivity (Wildman–Crippen MR) is 42.5 cm³/mol. The van der Waals surface area contributed by atoms with Crippen LogP contribution in [0.4, 0.5) is 22.0 Å². The van der Waals surface area contributed by atoms with Crippen LogP contribution in [0.15, 0.2) is 18.3 Å². The van der Waals surface area contributed by atoms with Crippen molar-refractivity contribution in [1.82, 2.24) is 5.32 Å². The topological polar surface area (TPSA) is 21.9 Å². The zero-order valence-corrected chi connectivity index (χ0v) is 7.12. The maximum atomic E-state index is 13.1. The van der Waals surface area contributed by atoms with Gasteiger partial charge in [0.25, 0.3) is 0 Å². The van der Waals surface area contributed by atoms with Crippen LogP contribution in [0.3, 0.4) is 0 Å². The molecule has 0 fully saturated rings. The molecule has 1 aromatic rings. The van der Waals surface area contributed by atoms with Crippen LogP contribution in [0.1, 0.15) is 11.1 Å². The number of nitrogens with one attached hydrogen (secondary N) is 1. The third-order valence-electron chi connectivity index (χ3n) is 1.94. The third-order valence-corrected chi connectivity index (χ3v) is 1.94. The van der Waals surface area contributed by atoms with Crippen molar-refractivity contribution in [2.45, 2.75) is 6.18 Å². The van der Waals surface area contributed by atoms with Crippen LogP contribution in [-0.4, -0.2) is 0 Å². The summed E-state index contributed by atoms with van der Waals surface area (Å²) >= 11 is 0. The second-order valence-electron chi connectivity index (χ2n) is 3.01. The SMILES string of the molecule is Fc1cc(C(F)(F)F)c(F)cc1C1=CN1. The van der Waals surface area contributed by atoms with Crippen LogP contribution >= 0.6 is 0 Å². The van der Waals surface area contributed by atoms with Gasteiger partial charge in [0.15, 0.2) is 0 Å². The molecule has 0 radical (unpaired) electrons. The first-order valence-corrected chi connectivity index (χ1v) is 3.93. The minimum atomic E-state index is -4.88. The van der Waals surface area contributed by atoms with E-state index in [2.05, 4.69) is 5.32 Å². The summed E-state index contributed by atoms with van der Waals surface area (Å²) in [5.41, 5.74) is -1.49. The van der Waals surface area contributed by atoms with E-state index in [4.69, 9.17) is 0 Å². The molecule has 1 N–H and O–H groups in total. The standard InChI is InChI=1S/C9H4F5N/c10-6-2-5(9(12,13)14)7(11)1-4(6)8-3-15-8/h1-3,15H. The van der Waals surface area contributed by atoms with Crippen molar-refractivity contribution in [3.8, 4) is 0 Å². The number of rotatable bonds is 1. The maximum Gasteiger partial charge on any atom is 0.419 e. The van der Waals surface area contributed by atoms with Gasteiger partial charge in [-0.25, -0.2) is 8.78 Å². The molecular weight excluding hydrogens is 217 g/mol. The molecule has 1 heterocycles. The van der Waals surface area contributed by atoms with Gasteiger partial charge >= 0.3 is 6.18 Å². The molecule has 0 atom stereocenters. The van der Waals surface area contributed by atoms with Gasteiger partial charge in [-0.1, -0.05) is 0 Å². The lowest BCUT2D eigenvalue weighted by Crippen LogP contribution is -2.09. The largest absolute Gasteiger partial charge is 0.419 e. The van der Waals surface area contributed by atoms with E-state index in [1.807, 2.05) is 0 Å². The van der Waals surface area contributed by atoms with Gasteiger partial charge in [-0.05, 0) is 12.1 Å². The number of hydrogen-bond donors (Lipinski definition) is 1. The van der Waals surface area contributed by atoms with E-state index in [-0.39, 0.29) is 11.6 Å². The molecule has 0 bridgehead atoms. The minimum absolute atomic E-state index is 0.158. The van der Waals surface area contributed by atoms with E-state index >= 15 is 0 Å². The summed E-state index contributed by atoms with van der Waals surface area (Å²) in [6.07, 6.45) is -3.51. The summed E-state index contributed by atoms with van der Waals surface area (Å²) in [6, 6.07) is 0.690. The van der Waals surface area contributed by atoms with Crippen molar-refractivity contribution in [3.05, 3.63) is 41.1 Å². The zero-order valence-electron chi connectivity index (χ0n) is 7.12. The smallest absolute Gasteiger partial charge is 0.358 e. The summed E-state index contributed by atoms with van der Waals surface area (Å²) in [4.78, 5) is 0. The first kappa shape index (κ1) is 9.95. The Kier molecular flexibility index (Phi) is 1.95. The predicted octanol–water partition coefficient (Wildman–Crippen LogP) is 2.89. The van der Waals surface area contributed by atoms with Crippen molar-refractivity contribution in [2.24, 2.45) is 0 Å². The Hall–Kier alpha value is -1.59. The molecule has 2 rings (SSSR count). The molecule has 1 aromatic carbocycles. The third kappa shape index (κ3) is 1.79. The fourth-order valence-corrected chi connectivity index (χ4v) is 1.16. The fourth-order valence-electron chi connectivity index (χ4n) is 1.16. The molecule has 1 nitrogen and oxygen atoms in total. The summed E-state index contributed by atoms with van der Waals surface area (Å²) < 4.78 is 62.5. The zero-order chi connectivity index (χ0) is 11.2. The molecule has 0 aliphatic carbocycles. The number of hydrogen-bond acceptors (Lipinski definition) is 1. The van der Waals surface area contributed by atoms with Gasteiger partial charge in [0.05, 0.1) is 11.3 Å². The van der Waals surface area contributed by atoms with Gasteiger partial charge in [0.2, 0.25) is 0 Å². The molecule has 15 heavy (non-hydrogen) atoms. The Morgan fingerprint density at radius 1 is 1.00 bits per heavy atom. The molecular formula is C9H4F5N. The maximum absolute atomic E-state index is 13.1. The Labute approximate surface area is 81.2 Å². The second-order valence-corrected chi connectivity index (χ2v) is 3.01. The highest BCUT2D eigenvalue weighted by Gasteiger charge is 2.35. The summed E-state index contributed by atoms with van der Waals surface area (Å²) in [6.45, 7) is 0. The average Bonchev–Trinajstić information content (AvgIpc) is 2.89. The molecule has 1 aliphatic rings. The van der Waals surface area contributed by atoms with E-state index in [9.17, 15) is 22.0 Å². The van der Waals surface area contributed by atoms with Crippen LogP contribution in [0, 0.1) is 11.6 Å². The van der Waals surface area contributed by atoms with Gasteiger partial charge in [0.1, 0.15) is 11.6 Å². The van der Waals surface area contributed by atoms with Crippen molar-refractivity contribution >= 4 is 5.70 Å². The van der Waals surface area contributed by atoms with Gasteiger partial charge < -0.3 is 5.32 Å². The normalized spacial score (nSPS) is 14.6. The summed E-state index contributed by atoms with van der Waals surface area (Å²) in [5.74, 6) is -2.58. The summed E-state index contributed by atoms with van der Waals surface area (Å²) in [7, 11) is 0. The monoisotopic (exact) mass is 221 g/mol. The highest BCUT2D eigenvalue weighted by Crippen LogP contribution is 2.34. The Morgan fingerprint density at radius 2 is 1.60 bits per heavy atom. The minimum Gasteiger partial charge on any atom is -0.358 e. The lowest BCUT2D eigenvalue weighted by atomic mass is 10.1. The lowest BCUT2D eigenvalue weighted by Gasteiger charge is -2.09. The Morgan fingerprint density at radius 3 is 2.07 bits per heavy atom. The van der Waals surface area contributed by atoms with Crippen LogP contribution in [0.5, 0.6) is 0 Å². The molecule has 0 aromatic heterocycles. The van der Waals surface area contributed by atoms with Crippen LogP contribution < -0.4 is 5.32 Å².